The normalized spacial score (nSPS) is 20.7. The van der Waals surface area contributed by atoms with Gasteiger partial charge in [0.1, 0.15) is 5.82 Å². The summed E-state index contributed by atoms with van der Waals surface area (Å²) in [5, 5.41) is 4.40. The number of fused-ring (bicyclic) bond motifs is 1. The van der Waals surface area contributed by atoms with Crippen molar-refractivity contribution >= 4 is 6.08 Å². The van der Waals surface area contributed by atoms with Crippen molar-refractivity contribution < 1.29 is 0 Å². The maximum Gasteiger partial charge on any atom is 0.173 e. The van der Waals surface area contributed by atoms with Gasteiger partial charge >= 0.3 is 0 Å². The Morgan fingerprint density at radius 3 is 3.00 bits per heavy atom. The first kappa shape index (κ1) is 8.48. The molecule has 1 aromatic heterocycles. The quantitative estimate of drug-likeness (QED) is 0.692. The second-order valence-electron chi connectivity index (χ2n) is 3.88. The van der Waals surface area contributed by atoms with Crippen LogP contribution in [0.5, 0.6) is 0 Å². The van der Waals surface area contributed by atoms with Crippen LogP contribution >= 0.6 is 0 Å². The summed E-state index contributed by atoms with van der Waals surface area (Å²) >= 11 is 0. The summed E-state index contributed by atoms with van der Waals surface area (Å²) in [6, 6.07) is 0.538. The van der Waals surface area contributed by atoms with Gasteiger partial charge in [0.2, 0.25) is 0 Å². The van der Waals surface area contributed by atoms with Crippen LogP contribution < -0.4 is 0 Å². The minimum absolute atomic E-state index is 0.538. The number of aryl methyl sites for hydroxylation is 1. The van der Waals surface area contributed by atoms with Gasteiger partial charge in [-0.05, 0) is 18.4 Å². The number of hydrogen-bond acceptors (Lipinski definition) is 2. The van der Waals surface area contributed by atoms with E-state index in [0.717, 1.165) is 18.1 Å². The van der Waals surface area contributed by atoms with E-state index in [1.807, 2.05) is 0 Å². The van der Waals surface area contributed by atoms with Gasteiger partial charge in [0.15, 0.2) is 5.82 Å². The Hall–Kier alpha value is -1.12. The highest BCUT2D eigenvalue weighted by Gasteiger charge is 2.27. The molecule has 3 heteroatoms. The van der Waals surface area contributed by atoms with Crippen molar-refractivity contribution in [1.29, 1.82) is 0 Å². The fraction of sp³-hybridized carbons (Fsp3) is 0.600. The van der Waals surface area contributed by atoms with Crippen molar-refractivity contribution in [2.75, 3.05) is 0 Å². The molecule has 1 aliphatic rings. The van der Waals surface area contributed by atoms with Crippen LogP contribution in [0.3, 0.4) is 0 Å². The highest BCUT2D eigenvalue weighted by molar-refractivity contribution is 5.35. The minimum atomic E-state index is 0.538. The second-order valence-corrected chi connectivity index (χ2v) is 3.88. The van der Waals surface area contributed by atoms with Gasteiger partial charge in [0.25, 0.3) is 0 Å². The highest BCUT2D eigenvalue weighted by Crippen LogP contribution is 2.29. The molecule has 13 heavy (non-hydrogen) atoms. The molecule has 0 N–H and O–H groups in total. The van der Waals surface area contributed by atoms with Crippen LogP contribution in [-0.4, -0.2) is 14.8 Å². The maximum absolute atomic E-state index is 4.40. The van der Waals surface area contributed by atoms with E-state index < -0.39 is 0 Å². The van der Waals surface area contributed by atoms with E-state index in [0.29, 0.717) is 12.0 Å². The SMILES string of the molecule is C=Cc1nc2n(n1)C(C(C)C)CC2. The van der Waals surface area contributed by atoms with Crippen LogP contribution in [0.2, 0.25) is 0 Å². The molecule has 0 aliphatic carbocycles. The number of aromatic nitrogens is 3. The van der Waals surface area contributed by atoms with Crippen LogP contribution in [0.25, 0.3) is 6.08 Å². The van der Waals surface area contributed by atoms with Crippen LogP contribution in [-0.2, 0) is 6.42 Å². The lowest BCUT2D eigenvalue weighted by molar-refractivity contribution is 0.363. The summed E-state index contributed by atoms with van der Waals surface area (Å²) in [7, 11) is 0. The van der Waals surface area contributed by atoms with Crippen LogP contribution in [0, 0.1) is 5.92 Å². The molecule has 2 rings (SSSR count). The lowest BCUT2D eigenvalue weighted by atomic mass is 10.0. The predicted octanol–water partition coefficient (Wildman–Crippen LogP) is 2.06. The molecule has 2 heterocycles. The van der Waals surface area contributed by atoms with E-state index >= 15 is 0 Å². The van der Waals surface area contributed by atoms with E-state index in [9.17, 15) is 0 Å². The Kier molecular flexibility index (Phi) is 1.94. The monoisotopic (exact) mass is 177 g/mol. The van der Waals surface area contributed by atoms with Crippen LogP contribution in [0.15, 0.2) is 6.58 Å². The standard InChI is InChI=1S/C10H15N3/c1-4-9-11-10-6-5-8(7(2)3)13(10)12-9/h4,7-8H,1,5-6H2,2-3H3. The number of hydrogen-bond donors (Lipinski definition) is 0. The zero-order chi connectivity index (χ0) is 9.42. The maximum atomic E-state index is 4.40. The topological polar surface area (TPSA) is 30.7 Å². The van der Waals surface area contributed by atoms with Crippen molar-refractivity contribution in [3.05, 3.63) is 18.2 Å². The van der Waals surface area contributed by atoms with Gasteiger partial charge < -0.3 is 0 Å². The van der Waals surface area contributed by atoms with E-state index in [2.05, 4.69) is 35.2 Å². The molecule has 0 fully saturated rings. The zero-order valence-electron chi connectivity index (χ0n) is 8.20. The van der Waals surface area contributed by atoms with Crippen molar-refractivity contribution in [2.24, 2.45) is 5.92 Å². The van der Waals surface area contributed by atoms with Crippen molar-refractivity contribution in [1.82, 2.24) is 14.8 Å². The molecule has 0 amide bonds. The van der Waals surface area contributed by atoms with Gasteiger partial charge in [-0.3, -0.25) is 0 Å². The summed E-state index contributed by atoms with van der Waals surface area (Å²) in [4.78, 5) is 4.38. The molecule has 1 unspecified atom stereocenters. The summed E-state index contributed by atoms with van der Waals surface area (Å²) < 4.78 is 2.07. The molecular formula is C10H15N3. The zero-order valence-corrected chi connectivity index (χ0v) is 8.20. The van der Waals surface area contributed by atoms with Gasteiger partial charge in [-0.25, -0.2) is 9.67 Å². The number of nitrogens with zero attached hydrogens (tertiary/aromatic N) is 3. The van der Waals surface area contributed by atoms with Crippen LogP contribution in [0.1, 0.15) is 38.0 Å². The van der Waals surface area contributed by atoms with Crippen molar-refractivity contribution in [3.63, 3.8) is 0 Å². The first-order valence-electron chi connectivity index (χ1n) is 4.80. The first-order chi connectivity index (χ1) is 6.22. The summed E-state index contributed by atoms with van der Waals surface area (Å²) in [5.41, 5.74) is 0. The Morgan fingerprint density at radius 2 is 2.38 bits per heavy atom. The summed E-state index contributed by atoms with van der Waals surface area (Å²) in [6.07, 6.45) is 3.96. The molecule has 1 aromatic rings. The molecule has 0 radical (unpaired) electrons. The summed E-state index contributed by atoms with van der Waals surface area (Å²) in [5.74, 6) is 2.52. The highest BCUT2D eigenvalue weighted by atomic mass is 15.4. The molecule has 1 atom stereocenters. The molecule has 0 spiro atoms. The Morgan fingerprint density at radius 1 is 1.62 bits per heavy atom. The smallest absolute Gasteiger partial charge is 0.173 e. The Balaban J connectivity index is 2.35. The largest absolute Gasteiger partial charge is 0.246 e. The third-order valence-corrected chi connectivity index (χ3v) is 2.65. The molecule has 0 saturated heterocycles. The van der Waals surface area contributed by atoms with Gasteiger partial charge in [-0.1, -0.05) is 20.4 Å². The molecule has 3 nitrogen and oxygen atoms in total. The Labute approximate surface area is 78.5 Å². The van der Waals surface area contributed by atoms with E-state index in [-0.39, 0.29) is 0 Å². The fourth-order valence-corrected chi connectivity index (χ4v) is 1.91. The van der Waals surface area contributed by atoms with Gasteiger partial charge in [0.05, 0.1) is 6.04 Å². The van der Waals surface area contributed by atoms with Crippen molar-refractivity contribution in [3.8, 4) is 0 Å². The molecule has 0 saturated carbocycles. The fourth-order valence-electron chi connectivity index (χ4n) is 1.91. The van der Waals surface area contributed by atoms with Gasteiger partial charge in [-0.2, -0.15) is 5.10 Å². The van der Waals surface area contributed by atoms with Gasteiger partial charge in [0, 0.05) is 6.42 Å². The average molecular weight is 177 g/mol. The Bertz CT molecular complexity index is 325. The predicted molar refractivity (Wildman–Crippen MR) is 52.3 cm³/mol. The van der Waals surface area contributed by atoms with E-state index in [1.165, 1.54) is 6.42 Å². The number of rotatable bonds is 2. The lowest BCUT2D eigenvalue weighted by Crippen LogP contribution is -2.12. The molecule has 70 valence electrons. The lowest BCUT2D eigenvalue weighted by Gasteiger charge is -2.14. The van der Waals surface area contributed by atoms with Crippen LogP contribution in [0.4, 0.5) is 0 Å². The minimum Gasteiger partial charge on any atom is -0.246 e. The first-order valence-corrected chi connectivity index (χ1v) is 4.80. The molecule has 0 aromatic carbocycles. The molecule has 1 aliphatic heterocycles. The average Bonchev–Trinajstić information content (AvgIpc) is 2.59. The summed E-state index contributed by atoms with van der Waals surface area (Å²) in [6.45, 7) is 8.14. The molecule has 0 bridgehead atoms. The molecular weight excluding hydrogens is 162 g/mol. The second kappa shape index (κ2) is 2.98. The van der Waals surface area contributed by atoms with E-state index in [4.69, 9.17) is 0 Å². The van der Waals surface area contributed by atoms with Gasteiger partial charge in [-0.15, -0.1) is 0 Å². The van der Waals surface area contributed by atoms with Crippen molar-refractivity contribution in [2.45, 2.75) is 32.7 Å². The third kappa shape index (κ3) is 1.28. The third-order valence-electron chi connectivity index (χ3n) is 2.65. The van der Waals surface area contributed by atoms with E-state index in [1.54, 1.807) is 6.08 Å².